The van der Waals surface area contributed by atoms with Crippen LogP contribution in [-0.2, 0) is 4.74 Å². The summed E-state index contributed by atoms with van der Waals surface area (Å²) in [4.78, 5) is 16.5. The zero-order valence-electron chi connectivity index (χ0n) is 10.00. The Labute approximate surface area is 104 Å². The Morgan fingerprint density at radius 2 is 2.44 bits per heavy atom. The van der Waals surface area contributed by atoms with Crippen LogP contribution in [-0.4, -0.2) is 36.2 Å². The first-order valence-corrected chi connectivity index (χ1v) is 5.56. The van der Waals surface area contributed by atoms with Gasteiger partial charge in [0.05, 0.1) is 17.6 Å². The molecule has 98 valence electrons. The Kier molecular flexibility index (Phi) is 3.58. The van der Waals surface area contributed by atoms with Gasteiger partial charge < -0.3 is 15.1 Å². The highest BCUT2D eigenvalue weighted by atomic mass is 16.6. The van der Waals surface area contributed by atoms with Crippen molar-refractivity contribution in [1.82, 2.24) is 4.98 Å². The molecule has 8 nitrogen and oxygen atoms in total. The number of nitrogens with two attached hydrogens (primary N) is 1. The van der Waals surface area contributed by atoms with Crippen LogP contribution in [0.2, 0.25) is 0 Å². The Morgan fingerprint density at radius 1 is 1.67 bits per heavy atom. The van der Waals surface area contributed by atoms with Crippen molar-refractivity contribution in [2.75, 3.05) is 30.6 Å². The van der Waals surface area contributed by atoms with Gasteiger partial charge in [-0.25, -0.2) is 10.8 Å². The normalized spacial score (nSPS) is 18.7. The first kappa shape index (κ1) is 12.5. The smallest absolute Gasteiger partial charge is 0.311 e. The van der Waals surface area contributed by atoms with E-state index in [2.05, 4.69) is 10.4 Å². The van der Waals surface area contributed by atoms with Crippen molar-refractivity contribution in [2.45, 2.75) is 12.5 Å². The molecule has 2 rings (SSSR count). The number of nitro groups is 1. The van der Waals surface area contributed by atoms with Crippen LogP contribution in [0.3, 0.4) is 0 Å². The SMILES string of the molecule is CN(c1nc(NN)ccc1[N+](=O)[O-])C1CCOC1. The molecule has 0 aliphatic carbocycles. The van der Waals surface area contributed by atoms with Crippen molar-refractivity contribution in [3.05, 3.63) is 22.2 Å². The minimum atomic E-state index is -0.449. The van der Waals surface area contributed by atoms with E-state index in [9.17, 15) is 10.1 Å². The van der Waals surface area contributed by atoms with E-state index in [0.29, 0.717) is 24.8 Å². The molecule has 1 aliphatic heterocycles. The number of hydrogen-bond acceptors (Lipinski definition) is 7. The summed E-state index contributed by atoms with van der Waals surface area (Å²) in [6, 6.07) is 2.97. The molecular weight excluding hydrogens is 238 g/mol. The highest BCUT2D eigenvalue weighted by Gasteiger charge is 2.27. The summed E-state index contributed by atoms with van der Waals surface area (Å²) >= 11 is 0. The van der Waals surface area contributed by atoms with Crippen molar-refractivity contribution >= 4 is 17.3 Å². The van der Waals surface area contributed by atoms with E-state index in [0.717, 1.165) is 6.42 Å². The van der Waals surface area contributed by atoms with Gasteiger partial charge in [-0.3, -0.25) is 10.1 Å². The Morgan fingerprint density at radius 3 is 3.00 bits per heavy atom. The summed E-state index contributed by atoms with van der Waals surface area (Å²) in [6.45, 7) is 1.22. The summed E-state index contributed by atoms with van der Waals surface area (Å²) < 4.78 is 5.28. The largest absolute Gasteiger partial charge is 0.379 e. The van der Waals surface area contributed by atoms with E-state index >= 15 is 0 Å². The molecule has 1 aliphatic rings. The molecule has 0 amide bonds. The number of aromatic nitrogens is 1. The summed E-state index contributed by atoms with van der Waals surface area (Å²) in [5.41, 5.74) is 2.35. The Bertz CT molecular complexity index is 447. The van der Waals surface area contributed by atoms with Crippen LogP contribution in [0.25, 0.3) is 0 Å². The monoisotopic (exact) mass is 253 g/mol. The van der Waals surface area contributed by atoms with Gasteiger partial charge >= 0.3 is 5.69 Å². The first-order chi connectivity index (χ1) is 8.63. The second kappa shape index (κ2) is 5.15. The number of ether oxygens (including phenoxy) is 1. The van der Waals surface area contributed by atoms with Crippen molar-refractivity contribution < 1.29 is 9.66 Å². The molecule has 0 bridgehead atoms. The molecule has 1 aromatic heterocycles. The van der Waals surface area contributed by atoms with E-state index < -0.39 is 4.92 Å². The maximum absolute atomic E-state index is 11.0. The van der Waals surface area contributed by atoms with Gasteiger partial charge in [-0.15, -0.1) is 0 Å². The summed E-state index contributed by atoms with van der Waals surface area (Å²) in [5.74, 6) is 5.96. The number of rotatable bonds is 4. The van der Waals surface area contributed by atoms with E-state index in [1.54, 1.807) is 11.9 Å². The van der Waals surface area contributed by atoms with Gasteiger partial charge in [0, 0.05) is 19.7 Å². The molecule has 0 radical (unpaired) electrons. The van der Waals surface area contributed by atoms with E-state index in [4.69, 9.17) is 10.6 Å². The van der Waals surface area contributed by atoms with Gasteiger partial charge in [0.25, 0.3) is 0 Å². The highest BCUT2D eigenvalue weighted by molar-refractivity contribution is 5.61. The van der Waals surface area contributed by atoms with Crippen molar-refractivity contribution in [3.8, 4) is 0 Å². The standard InChI is InChI=1S/C10H15N5O3/c1-14(7-4-5-18-6-7)10-8(15(16)17)2-3-9(12-10)13-11/h2-3,7H,4-6,11H2,1H3,(H,12,13). The fraction of sp³-hybridized carbons (Fsp3) is 0.500. The number of nitrogen functional groups attached to an aromatic ring is 1. The number of nitrogens with zero attached hydrogens (tertiary/aromatic N) is 3. The van der Waals surface area contributed by atoms with E-state index in [1.807, 2.05) is 0 Å². The van der Waals surface area contributed by atoms with Crippen LogP contribution in [0, 0.1) is 10.1 Å². The predicted molar refractivity (Wildman–Crippen MR) is 66.3 cm³/mol. The van der Waals surface area contributed by atoms with E-state index in [1.165, 1.54) is 12.1 Å². The molecule has 2 heterocycles. The van der Waals surface area contributed by atoms with Crippen LogP contribution >= 0.6 is 0 Å². The van der Waals surface area contributed by atoms with E-state index in [-0.39, 0.29) is 11.7 Å². The minimum absolute atomic E-state index is 0.0385. The number of pyridine rings is 1. The molecule has 1 saturated heterocycles. The average molecular weight is 253 g/mol. The molecule has 0 aromatic carbocycles. The lowest BCUT2D eigenvalue weighted by Crippen LogP contribution is -2.33. The average Bonchev–Trinajstić information content (AvgIpc) is 2.90. The van der Waals surface area contributed by atoms with Crippen LogP contribution in [0.4, 0.5) is 17.3 Å². The second-order valence-corrected chi connectivity index (χ2v) is 4.07. The zero-order chi connectivity index (χ0) is 13.1. The molecule has 1 atom stereocenters. The molecule has 1 aromatic rings. The molecular formula is C10H15N5O3. The van der Waals surface area contributed by atoms with Gasteiger partial charge in [-0.2, -0.15) is 0 Å². The van der Waals surface area contributed by atoms with Gasteiger partial charge in [-0.1, -0.05) is 0 Å². The van der Waals surface area contributed by atoms with Crippen molar-refractivity contribution in [2.24, 2.45) is 5.84 Å². The highest BCUT2D eigenvalue weighted by Crippen LogP contribution is 2.29. The number of hydrazine groups is 1. The van der Waals surface area contributed by atoms with Gasteiger partial charge in [0.2, 0.25) is 5.82 Å². The van der Waals surface area contributed by atoms with Gasteiger partial charge in [0.1, 0.15) is 5.82 Å². The molecule has 3 N–H and O–H groups in total. The quantitative estimate of drug-likeness (QED) is 0.457. The van der Waals surface area contributed by atoms with Crippen molar-refractivity contribution in [1.29, 1.82) is 0 Å². The molecule has 0 saturated carbocycles. The molecule has 1 fully saturated rings. The third-order valence-electron chi connectivity index (χ3n) is 2.99. The van der Waals surface area contributed by atoms with Gasteiger partial charge in [-0.05, 0) is 12.5 Å². The number of anilines is 2. The summed E-state index contributed by atoms with van der Waals surface area (Å²) in [6.07, 6.45) is 0.829. The lowest BCUT2D eigenvalue weighted by atomic mass is 10.2. The van der Waals surface area contributed by atoms with Gasteiger partial charge in [0.15, 0.2) is 0 Å². The fourth-order valence-electron chi connectivity index (χ4n) is 1.92. The molecule has 18 heavy (non-hydrogen) atoms. The van der Waals surface area contributed by atoms with Crippen LogP contribution in [0.1, 0.15) is 6.42 Å². The number of hydrogen-bond donors (Lipinski definition) is 2. The summed E-state index contributed by atoms with van der Waals surface area (Å²) in [5, 5.41) is 11.0. The molecule has 0 spiro atoms. The van der Waals surface area contributed by atoms with Crippen LogP contribution in [0.5, 0.6) is 0 Å². The third kappa shape index (κ3) is 2.34. The summed E-state index contributed by atoms with van der Waals surface area (Å²) in [7, 11) is 1.77. The lowest BCUT2D eigenvalue weighted by Gasteiger charge is -2.24. The third-order valence-corrected chi connectivity index (χ3v) is 2.99. The number of nitrogens with one attached hydrogen (secondary N) is 1. The lowest BCUT2D eigenvalue weighted by molar-refractivity contribution is -0.384. The molecule has 8 heteroatoms. The van der Waals surface area contributed by atoms with Crippen LogP contribution in [0.15, 0.2) is 12.1 Å². The molecule has 1 unspecified atom stereocenters. The zero-order valence-corrected chi connectivity index (χ0v) is 10.00. The van der Waals surface area contributed by atoms with Crippen LogP contribution < -0.4 is 16.2 Å². The Hall–Kier alpha value is -1.93. The van der Waals surface area contributed by atoms with Crippen molar-refractivity contribution in [3.63, 3.8) is 0 Å². The number of likely N-dealkylation sites (N-methyl/N-ethyl adjacent to an activating group) is 1. The maximum Gasteiger partial charge on any atom is 0.311 e. The second-order valence-electron chi connectivity index (χ2n) is 4.07. The fourth-order valence-corrected chi connectivity index (χ4v) is 1.92. The first-order valence-electron chi connectivity index (χ1n) is 5.56. The minimum Gasteiger partial charge on any atom is -0.379 e. The topological polar surface area (TPSA) is 107 Å². The Balaban J connectivity index is 2.35. The predicted octanol–water partition coefficient (Wildman–Crippen LogP) is 0.500. The maximum atomic E-state index is 11.0.